The van der Waals surface area contributed by atoms with E-state index in [9.17, 15) is 24.3 Å². The Bertz CT molecular complexity index is 506. The number of aliphatic hydroxyl groups excluding tert-OH is 1. The number of esters is 3. The van der Waals surface area contributed by atoms with Gasteiger partial charge in [0, 0.05) is 27.7 Å². The molecule has 1 amide bonds. The van der Waals surface area contributed by atoms with E-state index >= 15 is 0 Å². The van der Waals surface area contributed by atoms with Gasteiger partial charge in [0.15, 0.2) is 18.5 Å². The molecule has 5 atom stereocenters. The Hall–Kier alpha value is -2.20. The molecule has 0 aromatic heterocycles. The fourth-order valence-electron chi connectivity index (χ4n) is 2.31. The molecular weight excluding hydrogens is 326 g/mol. The predicted octanol–water partition coefficient (Wildman–Crippen LogP) is -1.37. The molecule has 1 aliphatic heterocycles. The molecular formula is C14H21NO9. The molecule has 0 spiro atoms. The van der Waals surface area contributed by atoms with Crippen molar-refractivity contribution in [3.8, 4) is 0 Å². The molecule has 0 aromatic carbocycles. The Balaban J connectivity index is 3.11. The summed E-state index contributed by atoms with van der Waals surface area (Å²) in [4.78, 5) is 45.0. The fraction of sp³-hybridized carbons (Fsp3) is 0.714. The molecule has 136 valence electrons. The zero-order valence-corrected chi connectivity index (χ0v) is 13.8. The first-order chi connectivity index (χ1) is 11.1. The summed E-state index contributed by atoms with van der Waals surface area (Å²) in [6.07, 6.45) is -5.06. The van der Waals surface area contributed by atoms with Gasteiger partial charge in [0.2, 0.25) is 5.91 Å². The number of hydrogen-bond donors (Lipinski definition) is 2. The quantitative estimate of drug-likeness (QED) is 0.456. The molecule has 10 nitrogen and oxygen atoms in total. The van der Waals surface area contributed by atoms with Crippen LogP contribution in [0.2, 0.25) is 0 Å². The maximum Gasteiger partial charge on any atom is 0.303 e. The Morgan fingerprint density at radius 2 is 1.50 bits per heavy atom. The lowest BCUT2D eigenvalue weighted by Gasteiger charge is -2.43. The van der Waals surface area contributed by atoms with Crippen LogP contribution in [0, 0.1) is 0 Å². The van der Waals surface area contributed by atoms with Crippen molar-refractivity contribution in [1.29, 1.82) is 0 Å². The number of rotatable bonds is 5. The SMILES string of the molecule is CC(=O)N[C@H]1[C@@H](OC(C)=O)[C@@H](OC(C)=O)C(COC(C)=O)O[C@H]1O. The van der Waals surface area contributed by atoms with Crippen LogP contribution in [0.15, 0.2) is 0 Å². The van der Waals surface area contributed by atoms with E-state index in [1.807, 2.05) is 0 Å². The smallest absolute Gasteiger partial charge is 0.303 e. The van der Waals surface area contributed by atoms with Gasteiger partial charge in [-0.3, -0.25) is 19.2 Å². The van der Waals surface area contributed by atoms with Crippen molar-refractivity contribution in [1.82, 2.24) is 5.32 Å². The molecule has 0 aliphatic carbocycles. The van der Waals surface area contributed by atoms with Gasteiger partial charge >= 0.3 is 17.9 Å². The number of nitrogens with one attached hydrogen (secondary N) is 1. The molecule has 1 saturated heterocycles. The minimum atomic E-state index is -1.56. The van der Waals surface area contributed by atoms with Crippen molar-refractivity contribution in [2.45, 2.75) is 58.3 Å². The number of ether oxygens (including phenoxy) is 4. The fourth-order valence-corrected chi connectivity index (χ4v) is 2.31. The maximum atomic E-state index is 11.4. The standard InChI is InChI=1S/C14H21NO9/c1-6(16)15-11-13(23-9(4)19)12(22-8(3)18)10(24-14(11)20)5-21-7(2)17/h10-14,20H,5H2,1-4H3,(H,15,16)/t10?,11-,12-,13+,14+/m0/s1. The van der Waals surface area contributed by atoms with Crippen LogP contribution in [0.1, 0.15) is 27.7 Å². The molecule has 24 heavy (non-hydrogen) atoms. The van der Waals surface area contributed by atoms with E-state index in [1.165, 1.54) is 13.8 Å². The van der Waals surface area contributed by atoms with Gasteiger partial charge < -0.3 is 29.4 Å². The summed E-state index contributed by atoms with van der Waals surface area (Å²) in [6.45, 7) is 4.28. The van der Waals surface area contributed by atoms with E-state index in [2.05, 4.69) is 5.32 Å². The maximum absolute atomic E-state index is 11.4. The van der Waals surface area contributed by atoms with Crippen molar-refractivity contribution in [3.05, 3.63) is 0 Å². The molecule has 0 saturated carbocycles. The summed E-state index contributed by atoms with van der Waals surface area (Å²) in [5.74, 6) is -2.54. The predicted molar refractivity (Wildman–Crippen MR) is 76.2 cm³/mol. The first kappa shape index (κ1) is 19.8. The normalized spacial score (nSPS) is 29.3. The highest BCUT2D eigenvalue weighted by Gasteiger charge is 2.50. The monoisotopic (exact) mass is 347 g/mol. The summed E-state index contributed by atoms with van der Waals surface area (Å²) in [5, 5.41) is 12.5. The second-order valence-corrected chi connectivity index (χ2v) is 5.24. The van der Waals surface area contributed by atoms with Crippen molar-refractivity contribution >= 4 is 23.8 Å². The number of carbonyl (C=O) groups is 4. The lowest BCUT2D eigenvalue weighted by Crippen LogP contribution is -2.66. The molecule has 1 fully saturated rings. The van der Waals surface area contributed by atoms with Gasteiger partial charge in [-0.2, -0.15) is 0 Å². The van der Waals surface area contributed by atoms with Crippen LogP contribution < -0.4 is 5.32 Å². The molecule has 1 rings (SSSR count). The van der Waals surface area contributed by atoms with E-state index in [-0.39, 0.29) is 6.61 Å². The van der Waals surface area contributed by atoms with Gasteiger partial charge in [-0.1, -0.05) is 0 Å². The van der Waals surface area contributed by atoms with Crippen LogP contribution in [0.4, 0.5) is 0 Å². The van der Waals surface area contributed by atoms with Crippen molar-refractivity contribution in [2.75, 3.05) is 6.61 Å². The summed E-state index contributed by atoms with van der Waals surface area (Å²) >= 11 is 0. The molecule has 0 aromatic rings. The number of carbonyl (C=O) groups excluding carboxylic acids is 4. The van der Waals surface area contributed by atoms with Crippen LogP contribution in [-0.4, -0.2) is 66.2 Å². The molecule has 0 radical (unpaired) electrons. The Kier molecular flexibility index (Phi) is 7.11. The summed E-state index contributed by atoms with van der Waals surface area (Å²) in [7, 11) is 0. The van der Waals surface area contributed by atoms with Crippen molar-refractivity contribution < 1.29 is 43.2 Å². The lowest BCUT2D eigenvalue weighted by molar-refractivity contribution is -0.264. The summed E-state index contributed by atoms with van der Waals surface area (Å²) < 4.78 is 20.3. The van der Waals surface area contributed by atoms with Gasteiger partial charge in [0.1, 0.15) is 18.8 Å². The van der Waals surface area contributed by atoms with E-state index < -0.39 is 54.5 Å². The second kappa shape index (κ2) is 8.60. The van der Waals surface area contributed by atoms with Crippen LogP contribution in [-0.2, 0) is 38.1 Å². The molecule has 1 unspecified atom stereocenters. The minimum absolute atomic E-state index is 0.338. The van der Waals surface area contributed by atoms with Gasteiger partial charge in [0.05, 0.1) is 0 Å². The topological polar surface area (TPSA) is 137 Å². The third-order valence-electron chi connectivity index (χ3n) is 3.09. The Labute approximate surface area is 138 Å². The number of hydrogen-bond acceptors (Lipinski definition) is 9. The summed E-state index contributed by atoms with van der Waals surface area (Å²) in [6, 6.07) is -1.16. The van der Waals surface area contributed by atoms with Crippen LogP contribution in [0.5, 0.6) is 0 Å². The second-order valence-electron chi connectivity index (χ2n) is 5.24. The van der Waals surface area contributed by atoms with E-state index in [1.54, 1.807) is 0 Å². The van der Waals surface area contributed by atoms with Crippen LogP contribution in [0.3, 0.4) is 0 Å². The molecule has 1 aliphatic rings. The molecule has 0 bridgehead atoms. The highest BCUT2D eigenvalue weighted by Crippen LogP contribution is 2.26. The first-order valence-corrected chi connectivity index (χ1v) is 7.20. The highest BCUT2D eigenvalue weighted by molar-refractivity contribution is 5.73. The zero-order valence-electron chi connectivity index (χ0n) is 13.8. The minimum Gasteiger partial charge on any atom is -0.463 e. The van der Waals surface area contributed by atoms with Gasteiger partial charge in [0.25, 0.3) is 0 Å². The largest absolute Gasteiger partial charge is 0.463 e. The lowest BCUT2D eigenvalue weighted by atomic mass is 9.96. The third kappa shape index (κ3) is 5.78. The van der Waals surface area contributed by atoms with Gasteiger partial charge in [-0.25, -0.2) is 0 Å². The van der Waals surface area contributed by atoms with Gasteiger partial charge in [-0.05, 0) is 0 Å². The molecule has 10 heteroatoms. The zero-order chi connectivity index (χ0) is 18.4. The summed E-state index contributed by atoms with van der Waals surface area (Å²) in [5.41, 5.74) is 0. The average Bonchev–Trinajstić information content (AvgIpc) is 2.42. The van der Waals surface area contributed by atoms with Crippen LogP contribution in [0.25, 0.3) is 0 Å². The Morgan fingerprint density at radius 1 is 0.958 bits per heavy atom. The van der Waals surface area contributed by atoms with Crippen molar-refractivity contribution in [3.63, 3.8) is 0 Å². The van der Waals surface area contributed by atoms with Crippen molar-refractivity contribution in [2.24, 2.45) is 0 Å². The molecule has 2 N–H and O–H groups in total. The van der Waals surface area contributed by atoms with E-state index in [0.29, 0.717) is 0 Å². The van der Waals surface area contributed by atoms with E-state index in [0.717, 1.165) is 13.8 Å². The van der Waals surface area contributed by atoms with Gasteiger partial charge in [-0.15, -0.1) is 0 Å². The average molecular weight is 347 g/mol. The van der Waals surface area contributed by atoms with E-state index in [4.69, 9.17) is 18.9 Å². The first-order valence-electron chi connectivity index (χ1n) is 7.20. The Morgan fingerprint density at radius 3 is 1.96 bits per heavy atom. The molecule has 1 heterocycles. The highest BCUT2D eigenvalue weighted by atomic mass is 16.7. The third-order valence-corrected chi connectivity index (χ3v) is 3.09. The number of amides is 1. The van der Waals surface area contributed by atoms with Crippen LogP contribution >= 0.6 is 0 Å². The number of aliphatic hydroxyl groups is 1.